The van der Waals surface area contributed by atoms with Gasteiger partial charge in [-0.25, -0.2) is 0 Å². The Hall–Kier alpha value is -0.370. The number of hydrogen-bond acceptors (Lipinski definition) is 2. The standard InChI is InChI=1S/C20H33NO/c1-18-9-6-14(22)12-13(18)4-5-15-16(18)7-10-19(2)17(15)8-11-20(19,3)21/h13,15-17H,4-12,21H2,1-3H3/t13-,15?,16?,17?,18?,19?,20+/m0/s1. The van der Waals surface area contributed by atoms with E-state index in [2.05, 4.69) is 20.8 Å². The molecule has 0 aromatic heterocycles. The van der Waals surface area contributed by atoms with Crippen LogP contribution in [0.25, 0.3) is 0 Å². The van der Waals surface area contributed by atoms with Crippen LogP contribution in [0.5, 0.6) is 0 Å². The summed E-state index contributed by atoms with van der Waals surface area (Å²) >= 11 is 0. The van der Waals surface area contributed by atoms with E-state index in [-0.39, 0.29) is 5.54 Å². The first-order valence-electron chi connectivity index (χ1n) is 9.58. The van der Waals surface area contributed by atoms with E-state index in [1.807, 2.05) is 0 Å². The van der Waals surface area contributed by atoms with Gasteiger partial charge >= 0.3 is 0 Å². The van der Waals surface area contributed by atoms with Crippen LogP contribution in [0, 0.1) is 34.5 Å². The van der Waals surface area contributed by atoms with Crippen molar-refractivity contribution in [2.45, 2.75) is 84.1 Å². The first kappa shape index (κ1) is 15.2. The Balaban J connectivity index is 1.65. The minimum Gasteiger partial charge on any atom is -0.325 e. The summed E-state index contributed by atoms with van der Waals surface area (Å²) in [6, 6.07) is 0. The molecule has 0 bridgehead atoms. The summed E-state index contributed by atoms with van der Waals surface area (Å²) in [5, 5.41) is 0. The number of rotatable bonds is 0. The van der Waals surface area contributed by atoms with Crippen LogP contribution >= 0.6 is 0 Å². The second-order valence-electron chi connectivity index (χ2n) is 9.81. The fourth-order valence-corrected chi connectivity index (χ4v) is 7.35. The van der Waals surface area contributed by atoms with Gasteiger partial charge in [0.25, 0.3) is 0 Å². The van der Waals surface area contributed by atoms with Crippen LogP contribution in [0.4, 0.5) is 0 Å². The highest BCUT2D eigenvalue weighted by Crippen LogP contribution is 2.67. The maximum atomic E-state index is 11.9. The van der Waals surface area contributed by atoms with Crippen molar-refractivity contribution in [3.63, 3.8) is 0 Å². The van der Waals surface area contributed by atoms with Gasteiger partial charge in [0.05, 0.1) is 0 Å². The molecule has 4 fully saturated rings. The van der Waals surface area contributed by atoms with Gasteiger partial charge in [0.2, 0.25) is 0 Å². The molecule has 4 rings (SSSR count). The Morgan fingerprint density at radius 3 is 2.45 bits per heavy atom. The third-order valence-corrected chi connectivity index (χ3v) is 9.15. The molecular formula is C20H33NO. The van der Waals surface area contributed by atoms with Crippen molar-refractivity contribution < 1.29 is 4.79 Å². The van der Waals surface area contributed by atoms with Crippen LogP contribution in [-0.2, 0) is 4.79 Å². The van der Waals surface area contributed by atoms with Crippen molar-refractivity contribution in [2.24, 2.45) is 40.2 Å². The van der Waals surface area contributed by atoms with E-state index in [4.69, 9.17) is 5.73 Å². The van der Waals surface area contributed by atoms with Gasteiger partial charge in [0.15, 0.2) is 0 Å². The lowest BCUT2D eigenvalue weighted by Crippen LogP contribution is -2.58. The molecule has 0 aromatic carbocycles. The van der Waals surface area contributed by atoms with Gasteiger partial charge in [-0.05, 0) is 86.4 Å². The Morgan fingerprint density at radius 1 is 0.955 bits per heavy atom. The summed E-state index contributed by atoms with van der Waals surface area (Å²) in [5.41, 5.74) is 7.54. The van der Waals surface area contributed by atoms with Gasteiger partial charge in [0, 0.05) is 18.4 Å². The van der Waals surface area contributed by atoms with Gasteiger partial charge in [-0.2, -0.15) is 0 Å². The molecule has 0 spiro atoms. The topological polar surface area (TPSA) is 43.1 Å². The SMILES string of the molecule is CC12CCC(=O)C[C@@H]1CCC1C2CCC2(C)C1CC[C@@]2(C)N. The highest BCUT2D eigenvalue weighted by Gasteiger charge is 2.62. The van der Waals surface area contributed by atoms with Crippen LogP contribution in [0.1, 0.15) is 78.6 Å². The van der Waals surface area contributed by atoms with E-state index >= 15 is 0 Å². The monoisotopic (exact) mass is 303 g/mol. The summed E-state index contributed by atoms with van der Waals surface area (Å²) < 4.78 is 0. The molecule has 0 amide bonds. The Labute approximate surface area is 135 Å². The summed E-state index contributed by atoms with van der Waals surface area (Å²) in [4.78, 5) is 11.9. The van der Waals surface area contributed by atoms with Crippen LogP contribution < -0.4 is 5.73 Å². The molecule has 0 aromatic rings. The molecule has 0 aliphatic heterocycles. The molecule has 4 saturated carbocycles. The molecular weight excluding hydrogens is 270 g/mol. The van der Waals surface area contributed by atoms with Crippen LogP contribution in [-0.4, -0.2) is 11.3 Å². The zero-order chi connectivity index (χ0) is 15.8. The van der Waals surface area contributed by atoms with Crippen LogP contribution in [0.15, 0.2) is 0 Å². The van der Waals surface area contributed by atoms with E-state index in [1.54, 1.807) is 0 Å². The van der Waals surface area contributed by atoms with E-state index in [0.717, 1.165) is 37.0 Å². The predicted octanol–water partition coefficient (Wildman–Crippen LogP) is 4.32. The molecule has 4 aliphatic rings. The summed E-state index contributed by atoms with van der Waals surface area (Å²) in [5.74, 6) is 3.75. The maximum Gasteiger partial charge on any atom is 0.133 e. The zero-order valence-electron chi connectivity index (χ0n) is 14.7. The van der Waals surface area contributed by atoms with E-state index < -0.39 is 0 Å². The number of hydrogen-bond donors (Lipinski definition) is 1. The number of carbonyl (C=O) groups is 1. The van der Waals surface area contributed by atoms with Crippen molar-refractivity contribution in [1.82, 2.24) is 0 Å². The fraction of sp³-hybridized carbons (Fsp3) is 0.950. The first-order chi connectivity index (χ1) is 10.3. The lowest BCUT2D eigenvalue weighted by molar-refractivity contribution is -0.139. The molecule has 0 radical (unpaired) electrons. The van der Waals surface area contributed by atoms with Gasteiger partial charge in [-0.15, -0.1) is 0 Å². The number of ketones is 1. The fourth-order valence-electron chi connectivity index (χ4n) is 7.35. The Bertz CT molecular complexity index is 498. The quantitative estimate of drug-likeness (QED) is 0.724. The Kier molecular flexibility index (Phi) is 3.16. The van der Waals surface area contributed by atoms with Gasteiger partial charge in [-0.3, -0.25) is 4.79 Å². The second kappa shape index (κ2) is 4.59. The van der Waals surface area contributed by atoms with Crippen molar-refractivity contribution in [3.8, 4) is 0 Å². The summed E-state index contributed by atoms with van der Waals surface area (Å²) in [6.07, 6.45) is 10.7. The number of nitrogens with two attached hydrogens (primary N) is 1. The van der Waals surface area contributed by atoms with Gasteiger partial charge < -0.3 is 5.73 Å². The van der Waals surface area contributed by atoms with Gasteiger partial charge in [-0.1, -0.05) is 13.8 Å². The van der Waals surface area contributed by atoms with Crippen molar-refractivity contribution in [1.29, 1.82) is 0 Å². The molecule has 2 N–H and O–H groups in total. The van der Waals surface area contributed by atoms with E-state index in [0.29, 0.717) is 22.5 Å². The molecule has 124 valence electrons. The van der Waals surface area contributed by atoms with Gasteiger partial charge in [0.1, 0.15) is 5.78 Å². The van der Waals surface area contributed by atoms with Crippen molar-refractivity contribution in [3.05, 3.63) is 0 Å². The number of carbonyl (C=O) groups excluding carboxylic acids is 1. The highest BCUT2D eigenvalue weighted by atomic mass is 16.1. The molecule has 22 heavy (non-hydrogen) atoms. The molecule has 2 nitrogen and oxygen atoms in total. The van der Waals surface area contributed by atoms with Crippen molar-refractivity contribution >= 4 is 5.78 Å². The third kappa shape index (κ3) is 1.79. The van der Waals surface area contributed by atoms with Crippen molar-refractivity contribution in [2.75, 3.05) is 0 Å². The summed E-state index contributed by atoms with van der Waals surface area (Å²) in [7, 11) is 0. The third-order valence-electron chi connectivity index (χ3n) is 9.15. The Morgan fingerprint density at radius 2 is 1.68 bits per heavy atom. The lowest BCUT2D eigenvalue weighted by Gasteiger charge is -2.61. The molecule has 5 unspecified atom stereocenters. The van der Waals surface area contributed by atoms with E-state index in [9.17, 15) is 4.79 Å². The number of Topliss-reactive ketones (excluding diaryl/α,β-unsaturated/α-hetero) is 1. The minimum atomic E-state index is 0.0307. The first-order valence-corrected chi connectivity index (χ1v) is 9.58. The van der Waals surface area contributed by atoms with E-state index in [1.165, 1.54) is 38.5 Å². The molecule has 0 saturated heterocycles. The normalized spacial score (nSPS) is 57.9. The second-order valence-corrected chi connectivity index (χ2v) is 9.81. The predicted molar refractivity (Wildman–Crippen MR) is 89.3 cm³/mol. The largest absolute Gasteiger partial charge is 0.325 e. The molecule has 0 heterocycles. The maximum absolute atomic E-state index is 11.9. The average molecular weight is 303 g/mol. The lowest BCUT2D eigenvalue weighted by atomic mass is 9.44. The smallest absolute Gasteiger partial charge is 0.133 e. The average Bonchev–Trinajstić information content (AvgIpc) is 2.70. The number of fused-ring (bicyclic) bond motifs is 5. The summed E-state index contributed by atoms with van der Waals surface area (Å²) in [6.45, 7) is 7.32. The minimum absolute atomic E-state index is 0.0307. The van der Waals surface area contributed by atoms with Crippen LogP contribution in [0.2, 0.25) is 0 Å². The molecule has 7 atom stereocenters. The molecule has 2 heteroatoms. The highest BCUT2D eigenvalue weighted by molar-refractivity contribution is 5.79. The molecule has 4 aliphatic carbocycles. The zero-order valence-corrected chi connectivity index (χ0v) is 14.7. The van der Waals surface area contributed by atoms with Crippen LogP contribution in [0.3, 0.4) is 0 Å².